The lowest BCUT2D eigenvalue weighted by atomic mass is 10.3. The van der Waals surface area contributed by atoms with Crippen molar-refractivity contribution in [1.82, 2.24) is 5.43 Å². The van der Waals surface area contributed by atoms with Gasteiger partial charge < -0.3 is 10.1 Å². The van der Waals surface area contributed by atoms with Crippen LogP contribution in [0.3, 0.4) is 0 Å². The molecule has 0 bridgehead atoms. The number of hydrogen-bond donors (Lipinski definition) is 2. The maximum absolute atomic E-state index is 11.7. The van der Waals surface area contributed by atoms with Gasteiger partial charge in [-0.15, -0.1) is 11.3 Å². The average Bonchev–Trinajstić information content (AvgIpc) is 2.92. The lowest BCUT2D eigenvalue weighted by molar-refractivity contribution is -0.119. The number of amides is 1. The Morgan fingerprint density at radius 1 is 1.32 bits per heavy atom. The molecule has 116 valence electrons. The average molecular weight is 317 g/mol. The van der Waals surface area contributed by atoms with E-state index in [1.807, 2.05) is 49.6 Å². The smallest absolute Gasteiger partial charge is 0.259 e. The molecule has 0 saturated heterocycles. The zero-order valence-electron chi connectivity index (χ0n) is 12.6. The van der Waals surface area contributed by atoms with Gasteiger partial charge in [-0.2, -0.15) is 5.10 Å². The van der Waals surface area contributed by atoms with Crippen LogP contribution in [0.4, 0.5) is 5.69 Å². The van der Waals surface area contributed by atoms with Gasteiger partial charge in [0.25, 0.3) is 5.91 Å². The molecule has 0 spiro atoms. The molecule has 0 aliphatic heterocycles. The maximum atomic E-state index is 11.7. The van der Waals surface area contributed by atoms with Crippen LogP contribution in [0.25, 0.3) is 0 Å². The molecule has 2 rings (SSSR count). The van der Waals surface area contributed by atoms with Crippen molar-refractivity contribution in [2.75, 3.05) is 18.5 Å². The monoisotopic (exact) mass is 317 g/mol. The summed E-state index contributed by atoms with van der Waals surface area (Å²) in [6.07, 6.45) is 1.66. The van der Waals surface area contributed by atoms with Gasteiger partial charge in [0.1, 0.15) is 5.75 Å². The molecule has 0 unspecified atom stereocenters. The zero-order valence-corrected chi connectivity index (χ0v) is 13.4. The number of ether oxygens (including phenoxy) is 1. The molecule has 0 saturated carbocycles. The van der Waals surface area contributed by atoms with E-state index in [0.29, 0.717) is 6.61 Å². The Bertz CT molecular complexity index is 635. The van der Waals surface area contributed by atoms with E-state index in [4.69, 9.17) is 4.74 Å². The number of carbonyl (C=O) groups is 1. The number of rotatable bonds is 7. The van der Waals surface area contributed by atoms with Crippen LogP contribution in [0.1, 0.15) is 17.4 Å². The second kappa shape index (κ2) is 8.19. The fourth-order valence-corrected chi connectivity index (χ4v) is 2.52. The molecule has 2 aromatic rings. The van der Waals surface area contributed by atoms with Gasteiger partial charge in [0.15, 0.2) is 0 Å². The molecule has 6 heteroatoms. The highest BCUT2D eigenvalue weighted by Gasteiger charge is 2.00. The van der Waals surface area contributed by atoms with E-state index in [-0.39, 0.29) is 12.5 Å². The Labute approximate surface area is 134 Å². The first-order valence-corrected chi connectivity index (χ1v) is 7.89. The van der Waals surface area contributed by atoms with Crippen LogP contribution in [-0.4, -0.2) is 25.3 Å². The molecule has 1 amide bonds. The number of carbonyl (C=O) groups excluding carboxylic acids is 1. The minimum atomic E-state index is -0.195. The van der Waals surface area contributed by atoms with Gasteiger partial charge in [0, 0.05) is 10.6 Å². The van der Waals surface area contributed by atoms with E-state index in [0.717, 1.165) is 21.9 Å². The molecule has 0 radical (unpaired) electrons. The molecule has 2 N–H and O–H groups in total. The summed E-state index contributed by atoms with van der Waals surface area (Å²) in [6, 6.07) is 9.48. The Hall–Kier alpha value is -2.34. The van der Waals surface area contributed by atoms with Gasteiger partial charge in [-0.25, -0.2) is 5.43 Å². The number of benzene rings is 1. The van der Waals surface area contributed by atoms with Crippen LogP contribution >= 0.6 is 11.3 Å². The summed E-state index contributed by atoms with van der Waals surface area (Å²) in [6.45, 7) is 4.74. The van der Waals surface area contributed by atoms with E-state index in [9.17, 15) is 4.79 Å². The Morgan fingerprint density at radius 2 is 2.09 bits per heavy atom. The largest absolute Gasteiger partial charge is 0.494 e. The minimum absolute atomic E-state index is 0.161. The first kappa shape index (κ1) is 16.0. The summed E-state index contributed by atoms with van der Waals surface area (Å²) in [5, 5.41) is 8.97. The Morgan fingerprint density at radius 3 is 2.73 bits per heavy atom. The number of hydrogen-bond acceptors (Lipinski definition) is 5. The summed E-state index contributed by atoms with van der Waals surface area (Å²) in [4.78, 5) is 12.7. The second-order valence-electron chi connectivity index (χ2n) is 4.57. The van der Waals surface area contributed by atoms with E-state index in [1.54, 1.807) is 17.6 Å². The highest BCUT2D eigenvalue weighted by atomic mass is 32.1. The molecule has 22 heavy (non-hydrogen) atoms. The molecule has 1 aromatic carbocycles. The molecule has 0 fully saturated rings. The summed E-state index contributed by atoms with van der Waals surface area (Å²) in [5.41, 5.74) is 4.51. The van der Waals surface area contributed by atoms with Crippen molar-refractivity contribution >= 4 is 29.1 Å². The van der Waals surface area contributed by atoms with Crippen LogP contribution in [-0.2, 0) is 4.79 Å². The van der Waals surface area contributed by atoms with Crippen LogP contribution in [0, 0.1) is 6.92 Å². The third-order valence-electron chi connectivity index (χ3n) is 2.89. The van der Waals surface area contributed by atoms with Crippen LogP contribution in [0.5, 0.6) is 5.75 Å². The standard InChI is InChI=1S/C16H19N3O2S/c1-3-21-14-6-4-13(5-7-14)17-11-16(20)19-18-10-15-12(2)8-9-22-15/h4-10,17H,3,11H2,1-2H3,(H,19,20)/b18-10-. The van der Waals surface area contributed by atoms with Crippen LogP contribution in [0.15, 0.2) is 40.8 Å². The molecule has 0 atom stereocenters. The number of hydrazone groups is 1. The van der Waals surface area contributed by atoms with Gasteiger partial charge in [0.2, 0.25) is 0 Å². The van der Waals surface area contributed by atoms with Gasteiger partial charge in [-0.1, -0.05) is 0 Å². The van der Waals surface area contributed by atoms with Crippen LogP contribution < -0.4 is 15.5 Å². The molecular weight excluding hydrogens is 298 g/mol. The lowest BCUT2D eigenvalue weighted by Crippen LogP contribution is -2.25. The number of aryl methyl sites for hydroxylation is 1. The van der Waals surface area contributed by atoms with Crippen molar-refractivity contribution in [3.63, 3.8) is 0 Å². The van der Waals surface area contributed by atoms with Crippen molar-refractivity contribution in [3.05, 3.63) is 46.2 Å². The second-order valence-corrected chi connectivity index (χ2v) is 5.52. The maximum Gasteiger partial charge on any atom is 0.259 e. The molecule has 1 heterocycles. The number of nitrogens with one attached hydrogen (secondary N) is 2. The highest BCUT2D eigenvalue weighted by molar-refractivity contribution is 7.11. The third kappa shape index (κ3) is 4.89. The number of thiophene rings is 1. The zero-order chi connectivity index (χ0) is 15.8. The molecule has 0 aliphatic rings. The first-order chi connectivity index (χ1) is 10.7. The van der Waals surface area contributed by atoms with Crippen molar-refractivity contribution in [2.24, 2.45) is 5.10 Å². The fraction of sp³-hybridized carbons (Fsp3) is 0.250. The first-order valence-electron chi connectivity index (χ1n) is 7.01. The third-order valence-corrected chi connectivity index (χ3v) is 3.84. The van der Waals surface area contributed by atoms with Gasteiger partial charge >= 0.3 is 0 Å². The van der Waals surface area contributed by atoms with Crippen molar-refractivity contribution in [3.8, 4) is 5.75 Å². The van der Waals surface area contributed by atoms with Crippen molar-refractivity contribution in [2.45, 2.75) is 13.8 Å². The SMILES string of the molecule is CCOc1ccc(NCC(=O)N/N=C\c2sccc2C)cc1. The van der Waals surface area contributed by atoms with Gasteiger partial charge in [0.05, 0.1) is 19.4 Å². The van der Waals surface area contributed by atoms with Gasteiger partial charge in [-0.05, 0) is 55.1 Å². The lowest BCUT2D eigenvalue weighted by Gasteiger charge is -2.07. The van der Waals surface area contributed by atoms with Crippen molar-refractivity contribution in [1.29, 1.82) is 0 Å². The van der Waals surface area contributed by atoms with Crippen molar-refractivity contribution < 1.29 is 9.53 Å². The number of anilines is 1. The summed E-state index contributed by atoms with van der Waals surface area (Å²) < 4.78 is 5.36. The summed E-state index contributed by atoms with van der Waals surface area (Å²) >= 11 is 1.59. The summed E-state index contributed by atoms with van der Waals surface area (Å²) in [5.74, 6) is 0.618. The Kier molecular flexibility index (Phi) is 5.97. The molecular formula is C16H19N3O2S. The van der Waals surface area contributed by atoms with Gasteiger partial charge in [-0.3, -0.25) is 4.79 Å². The predicted octanol–water partition coefficient (Wildman–Crippen LogP) is 3.02. The normalized spacial score (nSPS) is 10.6. The summed E-state index contributed by atoms with van der Waals surface area (Å²) in [7, 11) is 0. The van der Waals surface area contributed by atoms with E-state index < -0.39 is 0 Å². The molecule has 1 aromatic heterocycles. The minimum Gasteiger partial charge on any atom is -0.494 e. The van der Waals surface area contributed by atoms with Crippen LogP contribution in [0.2, 0.25) is 0 Å². The molecule has 0 aliphatic carbocycles. The fourth-order valence-electron chi connectivity index (χ4n) is 1.74. The molecule has 5 nitrogen and oxygen atoms in total. The Balaban J connectivity index is 1.75. The van der Waals surface area contributed by atoms with E-state index in [2.05, 4.69) is 15.8 Å². The topological polar surface area (TPSA) is 62.7 Å². The number of nitrogens with zero attached hydrogens (tertiary/aromatic N) is 1. The predicted molar refractivity (Wildman–Crippen MR) is 90.9 cm³/mol. The quantitative estimate of drug-likeness (QED) is 0.609. The van der Waals surface area contributed by atoms with E-state index >= 15 is 0 Å². The van der Waals surface area contributed by atoms with E-state index in [1.165, 1.54) is 0 Å². The highest BCUT2D eigenvalue weighted by Crippen LogP contribution is 2.15.